The van der Waals surface area contributed by atoms with Crippen molar-refractivity contribution >= 4 is 57.0 Å². The quantitative estimate of drug-likeness (QED) is 0.571. The number of primary amides is 1. The molecule has 9 heteroatoms. The number of anilines is 1. The number of aromatic nitrogens is 2. The molecular weight excluding hydrogens is 465 g/mol. The molecule has 3 heterocycles. The van der Waals surface area contributed by atoms with Gasteiger partial charge < -0.3 is 21.1 Å². The molecule has 7 nitrogen and oxygen atoms in total. The van der Waals surface area contributed by atoms with E-state index < -0.39 is 5.91 Å². The lowest BCUT2D eigenvalue weighted by Gasteiger charge is -2.21. The van der Waals surface area contributed by atoms with Crippen LogP contribution in [0.3, 0.4) is 0 Å². The van der Waals surface area contributed by atoms with Gasteiger partial charge in [0.1, 0.15) is 0 Å². The van der Waals surface area contributed by atoms with Gasteiger partial charge in [-0.2, -0.15) is 5.10 Å². The predicted octanol–water partition coefficient (Wildman–Crippen LogP) is 1.21. The summed E-state index contributed by atoms with van der Waals surface area (Å²) in [6.45, 7) is 1.53. The first-order valence-electron chi connectivity index (χ1n) is 6.57. The summed E-state index contributed by atoms with van der Waals surface area (Å²) in [6.07, 6.45) is 3.35. The van der Waals surface area contributed by atoms with Crippen LogP contribution in [0.1, 0.15) is 10.4 Å². The number of methoxy groups -OCH3 is 1. The zero-order chi connectivity index (χ0) is 15.0. The molecule has 0 aromatic carbocycles. The molecule has 2 atom stereocenters. The topological polar surface area (TPSA) is 93.7 Å². The van der Waals surface area contributed by atoms with E-state index in [1.54, 1.807) is 11.6 Å². The fourth-order valence-electron chi connectivity index (χ4n) is 2.60. The van der Waals surface area contributed by atoms with Crippen molar-refractivity contribution < 1.29 is 9.53 Å². The molecule has 3 rings (SSSR count). The molecule has 120 valence electrons. The Labute approximate surface area is 153 Å². The van der Waals surface area contributed by atoms with Gasteiger partial charge in [0.2, 0.25) is 0 Å². The maximum Gasteiger partial charge on any atom is 0.252 e. The Morgan fingerprint density at radius 2 is 2.36 bits per heavy atom. The van der Waals surface area contributed by atoms with Crippen molar-refractivity contribution in [2.24, 2.45) is 5.73 Å². The van der Waals surface area contributed by atoms with E-state index in [1.807, 2.05) is 12.3 Å². The van der Waals surface area contributed by atoms with E-state index in [2.05, 4.69) is 31.7 Å². The number of halogens is 2. The zero-order valence-electron chi connectivity index (χ0n) is 11.9. The smallest absolute Gasteiger partial charge is 0.252 e. The summed E-state index contributed by atoms with van der Waals surface area (Å²) in [7, 11) is 1.68. The first-order chi connectivity index (χ1) is 10.1. The van der Waals surface area contributed by atoms with Gasteiger partial charge in [-0.3, -0.25) is 4.79 Å². The summed E-state index contributed by atoms with van der Waals surface area (Å²) in [6, 6.07) is 1.96. The van der Waals surface area contributed by atoms with Crippen LogP contribution in [0.2, 0.25) is 0 Å². The number of hydrogen-bond donors (Lipinski definition) is 3. The highest BCUT2D eigenvalue weighted by molar-refractivity contribution is 14.0. The fraction of sp³-hybridized carbons (Fsp3) is 0.385. The minimum absolute atomic E-state index is 0. The number of carbonyl (C=O) groups excluding carboxylic acids is 1. The number of rotatable bonds is 4. The highest BCUT2D eigenvalue weighted by Gasteiger charge is 2.28. The summed E-state index contributed by atoms with van der Waals surface area (Å²) >= 11 is 3.42. The Bertz CT molecular complexity index is 692. The van der Waals surface area contributed by atoms with Crippen LogP contribution in [0.15, 0.2) is 22.9 Å². The molecule has 2 aromatic heterocycles. The van der Waals surface area contributed by atoms with Crippen molar-refractivity contribution in [2.45, 2.75) is 12.1 Å². The number of carbonyl (C=O) groups is 1. The summed E-state index contributed by atoms with van der Waals surface area (Å²) in [5, 5.41) is 10.8. The molecule has 4 N–H and O–H groups in total. The van der Waals surface area contributed by atoms with Crippen LogP contribution in [0, 0.1) is 0 Å². The van der Waals surface area contributed by atoms with Crippen LogP contribution in [0.5, 0.6) is 0 Å². The van der Waals surface area contributed by atoms with E-state index in [-0.39, 0.29) is 36.1 Å². The van der Waals surface area contributed by atoms with Crippen LogP contribution in [-0.4, -0.2) is 47.9 Å². The van der Waals surface area contributed by atoms with Crippen LogP contribution in [-0.2, 0) is 4.74 Å². The third-order valence-corrected chi connectivity index (χ3v) is 4.09. The highest BCUT2D eigenvalue weighted by atomic mass is 127. The molecule has 1 amide bonds. The van der Waals surface area contributed by atoms with Gasteiger partial charge in [-0.1, -0.05) is 0 Å². The van der Waals surface area contributed by atoms with Crippen molar-refractivity contribution in [3.05, 3.63) is 28.5 Å². The second-order valence-electron chi connectivity index (χ2n) is 4.97. The van der Waals surface area contributed by atoms with E-state index in [1.165, 1.54) is 6.20 Å². The first kappa shape index (κ1) is 17.4. The fourth-order valence-corrected chi connectivity index (χ4v) is 3.01. The zero-order valence-corrected chi connectivity index (χ0v) is 15.8. The normalized spacial score (nSPS) is 20.8. The number of nitrogens with two attached hydrogens (primary N) is 1. The molecular formula is C13H17BrIN5O2. The number of fused-ring (bicyclic) bond motifs is 1. The number of hydrogen-bond acceptors (Lipinski definition) is 5. The lowest BCUT2D eigenvalue weighted by atomic mass is 10.1. The minimum Gasteiger partial charge on any atom is -0.378 e. The predicted molar refractivity (Wildman–Crippen MR) is 97.9 cm³/mol. The van der Waals surface area contributed by atoms with Gasteiger partial charge >= 0.3 is 0 Å². The Kier molecular flexibility index (Phi) is 5.64. The van der Waals surface area contributed by atoms with Crippen LogP contribution >= 0.6 is 39.9 Å². The minimum atomic E-state index is -0.509. The molecule has 1 fully saturated rings. The maximum absolute atomic E-state index is 11.7. The average molecular weight is 482 g/mol. The average Bonchev–Trinajstić information content (AvgIpc) is 3.03. The second-order valence-corrected chi connectivity index (χ2v) is 5.88. The molecule has 0 aliphatic carbocycles. The van der Waals surface area contributed by atoms with Gasteiger partial charge in [0.15, 0.2) is 0 Å². The lowest BCUT2D eigenvalue weighted by Crippen LogP contribution is -2.34. The van der Waals surface area contributed by atoms with Gasteiger partial charge in [0, 0.05) is 30.9 Å². The Morgan fingerprint density at radius 1 is 1.59 bits per heavy atom. The Balaban J connectivity index is 0.00000176. The SMILES string of the molecule is CO[C@@H]1CNC[C@H]1Nc1c(C(N)=O)cnn2cc(Br)cc12.I. The molecule has 1 saturated heterocycles. The number of nitrogens with zero attached hydrogens (tertiary/aromatic N) is 2. The van der Waals surface area contributed by atoms with Gasteiger partial charge in [-0.15, -0.1) is 24.0 Å². The Morgan fingerprint density at radius 3 is 3.05 bits per heavy atom. The third kappa shape index (κ3) is 3.21. The number of ether oxygens (including phenoxy) is 1. The number of amides is 1. The molecule has 0 spiro atoms. The standard InChI is InChI=1S/C13H16BrN5O2.HI/c1-21-11-5-16-4-9(11)18-12-8(13(15)20)3-17-19-6-7(14)2-10(12)19;/h2-3,6,9,11,16,18H,4-5H2,1H3,(H2,15,20);1H/t9-,11-;/m1./s1. The summed E-state index contributed by atoms with van der Waals surface area (Å²) in [5.41, 5.74) is 7.31. The molecule has 0 unspecified atom stereocenters. The third-order valence-electron chi connectivity index (χ3n) is 3.66. The van der Waals surface area contributed by atoms with Gasteiger partial charge in [0.25, 0.3) is 5.91 Å². The monoisotopic (exact) mass is 481 g/mol. The van der Waals surface area contributed by atoms with Gasteiger partial charge in [-0.05, 0) is 22.0 Å². The van der Waals surface area contributed by atoms with Crippen molar-refractivity contribution in [3.63, 3.8) is 0 Å². The molecule has 1 aliphatic rings. The van der Waals surface area contributed by atoms with Crippen molar-refractivity contribution in [1.29, 1.82) is 0 Å². The summed E-state index contributed by atoms with van der Waals surface area (Å²) in [4.78, 5) is 11.7. The molecule has 0 saturated carbocycles. The van der Waals surface area contributed by atoms with E-state index in [0.29, 0.717) is 11.3 Å². The van der Waals surface area contributed by atoms with E-state index >= 15 is 0 Å². The maximum atomic E-state index is 11.7. The van der Waals surface area contributed by atoms with Gasteiger partial charge in [-0.25, -0.2) is 4.52 Å². The molecule has 2 aromatic rings. The van der Waals surface area contributed by atoms with Crippen LogP contribution in [0.25, 0.3) is 5.52 Å². The number of nitrogens with one attached hydrogen (secondary N) is 2. The van der Waals surface area contributed by atoms with Crippen molar-refractivity contribution in [1.82, 2.24) is 14.9 Å². The lowest BCUT2D eigenvalue weighted by molar-refractivity contribution is 0.0999. The molecule has 0 bridgehead atoms. The Hall–Kier alpha value is -0.910. The van der Waals surface area contributed by atoms with E-state index in [0.717, 1.165) is 23.1 Å². The largest absolute Gasteiger partial charge is 0.378 e. The van der Waals surface area contributed by atoms with Gasteiger partial charge in [0.05, 0.1) is 35.1 Å². The van der Waals surface area contributed by atoms with Crippen molar-refractivity contribution in [2.75, 3.05) is 25.5 Å². The van der Waals surface area contributed by atoms with Crippen LogP contribution in [0.4, 0.5) is 5.69 Å². The highest BCUT2D eigenvalue weighted by Crippen LogP contribution is 2.27. The van der Waals surface area contributed by atoms with E-state index in [9.17, 15) is 4.79 Å². The van der Waals surface area contributed by atoms with Crippen molar-refractivity contribution in [3.8, 4) is 0 Å². The van der Waals surface area contributed by atoms with Crippen LogP contribution < -0.4 is 16.4 Å². The summed E-state index contributed by atoms with van der Waals surface area (Å²) < 4.78 is 8.02. The molecule has 22 heavy (non-hydrogen) atoms. The molecule has 1 aliphatic heterocycles. The second kappa shape index (κ2) is 7.11. The molecule has 0 radical (unpaired) electrons. The first-order valence-corrected chi connectivity index (χ1v) is 7.36. The van der Waals surface area contributed by atoms with E-state index in [4.69, 9.17) is 10.5 Å². The summed E-state index contributed by atoms with van der Waals surface area (Å²) in [5.74, 6) is -0.509.